The van der Waals surface area contributed by atoms with Gasteiger partial charge in [0.25, 0.3) is 5.91 Å². The second kappa shape index (κ2) is 6.99. The molecule has 6 heteroatoms. The first kappa shape index (κ1) is 15.2. The highest BCUT2D eigenvalue weighted by molar-refractivity contribution is 7.13. The van der Waals surface area contributed by atoms with Crippen molar-refractivity contribution in [2.75, 3.05) is 6.54 Å². The molecule has 0 saturated heterocycles. The van der Waals surface area contributed by atoms with Crippen LogP contribution in [0.4, 0.5) is 4.39 Å². The molecule has 0 aliphatic rings. The van der Waals surface area contributed by atoms with Gasteiger partial charge in [0.15, 0.2) is 0 Å². The Kier molecular flexibility index (Phi) is 5.05. The van der Waals surface area contributed by atoms with Gasteiger partial charge in [0, 0.05) is 4.88 Å². The number of nitrogens with one attached hydrogen (secondary N) is 1. The summed E-state index contributed by atoms with van der Waals surface area (Å²) in [5, 5.41) is 2.48. The number of hydrogen-bond acceptors (Lipinski definition) is 4. The third-order valence-electron chi connectivity index (χ3n) is 2.65. The second-order valence-corrected chi connectivity index (χ2v) is 5.67. The summed E-state index contributed by atoms with van der Waals surface area (Å²) in [7, 11) is 0. The standard InChI is InChI=1S/C15H14FNO3S/c1-10-5-6-13(21-10)15(19)17-8-14(18)20-9-11-3-2-4-12(16)7-11/h2-7H,8-9H2,1H3,(H,17,19). The van der Waals surface area contributed by atoms with Crippen molar-refractivity contribution in [2.24, 2.45) is 0 Å². The van der Waals surface area contributed by atoms with E-state index in [0.29, 0.717) is 10.4 Å². The summed E-state index contributed by atoms with van der Waals surface area (Å²) >= 11 is 1.35. The molecule has 0 fully saturated rings. The summed E-state index contributed by atoms with van der Waals surface area (Å²) in [5.74, 6) is -1.26. The number of benzene rings is 1. The quantitative estimate of drug-likeness (QED) is 0.864. The zero-order chi connectivity index (χ0) is 15.2. The molecule has 0 aliphatic carbocycles. The summed E-state index contributed by atoms with van der Waals surface area (Å²) in [6.07, 6.45) is 0. The zero-order valence-corrected chi connectivity index (χ0v) is 12.2. The monoisotopic (exact) mass is 307 g/mol. The Balaban J connectivity index is 1.76. The number of carbonyl (C=O) groups excluding carboxylic acids is 2. The van der Waals surface area contributed by atoms with Crippen molar-refractivity contribution in [3.05, 3.63) is 57.5 Å². The van der Waals surface area contributed by atoms with Gasteiger partial charge < -0.3 is 10.1 Å². The first-order chi connectivity index (χ1) is 10.0. The summed E-state index contributed by atoms with van der Waals surface area (Å²) in [5.41, 5.74) is 0.559. The molecular formula is C15H14FNO3S. The van der Waals surface area contributed by atoms with Crippen molar-refractivity contribution in [2.45, 2.75) is 13.5 Å². The predicted octanol–water partition coefficient (Wildman–Crippen LogP) is 2.67. The van der Waals surface area contributed by atoms with Crippen LogP contribution >= 0.6 is 11.3 Å². The van der Waals surface area contributed by atoms with E-state index in [1.54, 1.807) is 18.2 Å². The SMILES string of the molecule is Cc1ccc(C(=O)NCC(=O)OCc2cccc(F)c2)s1. The second-order valence-electron chi connectivity index (χ2n) is 4.38. The Morgan fingerprint density at radius 3 is 2.76 bits per heavy atom. The summed E-state index contributed by atoms with van der Waals surface area (Å²) in [6.45, 7) is 1.66. The molecule has 2 aromatic rings. The molecule has 1 amide bonds. The molecule has 2 rings (SSSR count). The van der Waals surface area contributed by atoms with Crippen LogP contribution in [0.25, 0.3) is 0 Å². The van der Waals surface area contributed by atoms with Crippen molar-refractivity contribution in [1.29, 1.82) is 0 Å². The lowest BCUT2D eigenvalue weighted by Gasteiger charge is -2.06. The molecule has 0 unspecified atom stereocenters. The average Bonchev–Trinajstić information content (AvgIpc) is 2.89. The van der Waals surface area contributed by atoms with Gasteiger partial charge in [-0.3, -0.25) is 9.59 Å². The fraction of sp³-hybridized carbons (Fsp3) is 0.200. The Labute approximate surface area is 125 Å². The molecule has 110 valence electrons. The van der Waals surface area contributed by atoms with Gasteiger partial charge in [-0.05, 0) is 36.8 Å². The summed E-state index contributed by atoms with van der Waals surface area (Å²) < 4.78 is 17.9. The van der Waals surface area contributed by atoms with Crippen LogP contribution in [-0.2, 0) is 16.1 Å². The van der Waals surface area contributed by atoms with E-state index in [4.69, 9.17) is 4.74 Å². The fourth-order valence-electron chi connectivity index (χ4n) is 1.64. The maximum absolute atomic E-state index is 12.9. The fourth-order valence-corrected chi connectivity index (χ4v) is 2.42. The third kappa shape index (κ3) is 4.68. The number of rotatable bonds is 5. The van der Waals surface area contributed by atoms with E-state index in [0.717, 1.165) is 4.88 Å². The van der Waals surface area contributed by atoms with Crippen molar-refractivity contribution in [3.8, 4) is 0 Å². The molecule has 1 N–H and O–H groups in total. The largest absolute Gasteiger partial charge is 0.460 e. The van der Waals surface area contributed by atoms with Crippen LogP contribution in [0.2, 0.25) is 0 Å². The molecule has 0 bridgehead atoms. The van der Waals surface area contributed by atoms with Crippen molar-refractivity contribution in [1.82, 2.24) is 5.32 Å². The molecular weight excluding hydrogens is 293 g/mol. The number of aryl methyl sites for hydroxylation is 1. The predicted molar refractivity (Wildman–Crippen MR) is 77.6 cm³/mol. The Morgan fingerprint density at radius 2 is 2.10 bits per heavy atom. The van der Waals surface area contributed by atoms with Crippen LogP contribution in [0.5, 0.6) is 0 Å². The molecule has 21 heavy (non-hydrogen) atoms. The van der Waals surface area contributed by atoms with Crippen LogP contribution in [0.15, 0.2) is 36.4 Å². The highest BCUT2D eigenvalue weighted by Crippen LogP contribution is 2.14. The third-order valence-corrected chi connectivity index (χ3v) is 3.65. The van der Waals surface area contributed by atoms with Gasteiger partial charge in [-0.15, -0.1) is 11.3 Å². The number of ether oxygens (including phenoxy) is 1. The van der Waals surface area contributed by atoms with Crippen molar-refractivity contribution < 1.29 is 18.7 Å². The van der Waals surface area contributed by atoms with E-state index >= 15 is 0 Å². The number of amides is 1. The minimum Gasteiger partial charge on any atom is -0.460 e. The molecule has 0 aliphatic heterocycles. The van der Waals surface area contributed by atoms with Gasteiger partial charge >= 0.3 is 5.97 Å². The lowest BCUT2D eigenvalue weighted by atomic mass is 10.2. The molecule has 0 radical (unpaired) electrons. The summed E-state index contributed by atoms with van der Waals surface area (Å²) in [4.78, 5) is 24.8. The number of halogens is 1. The highest BCUT2D eigenvalue weighted by atomic mass is 32.1. The lowest BCUT2D eigenvalue weighted by molar-refractivity contribution is -0.143. The van der Waals surface area contributed by atoms with Crippen LogP contribution in [-0.4, -0.2) is 18.4 Å². The molecule has 0 spiro atoms. The van der Waals surface area contributed by atoms with Crippen molar-refractivity contribution >= 4 is 23.2 Å². The average molecular weight is 307 g/mol. The van der Waals surface area contributed by atoms with Gasteiger partial charge in [-0.2, -0.15) is 0 Å². The van der Waals surface area contributed by atoms with E-state index in [-0.39, 0.29) is 24.9 Å². The Bertz CT molecular complexity index is 654. The molecule has 1 heterocycles. The minimum atomic E-state index is -0.569. The maximum Gasteiger partial charge on any atom is 0.325 e. The molecule has 1 aromatic carbocycles. The molecule has 0 saturated carbocycles. The Morgan fingerprint density at radius 1 is 1.29 bits per heavy atom. The van der Waals surface area contributed by atoms with Gasteiger partial charge in [-0.25, -0.2) is 4.39 Å². The van der Waals surface area contributed by atoms with E-state index in [1.807, 2.05) is 13.0 Å². The van der Waals surface area contributed by atoms with E-state index in [1.165, 1.54) is 23.5 Å². The molecule has 4 nitrogen and oxygen atoms in total. The topological polar surface area (TPSA) is 55.4 Å². The normalized spacial score (nSPS) is 10.2. The first-order valence-electron chi connectivity index (χ1n) is 6.29. The van der Waals surface area contributed by atoms with Crippen LogP contribution < -0.4 is 5.32 Å². The van der Waals surface area contributed by atoms with E-state index in [2.05, 4.69) is 5.32 Å². The maximum atomic E-state index is 12.9. The number of hydrogen-bond donors (Lipinski definition) is 1. The van der Waals surface area contributed by atoms with Crippen LogP contribution in [0, 0.1) is 12.7 Å². The van der Waals surface area contributed by atoms with E-state index < -0.39 is 5.97 Å². The first-order valence-corrected chi connectivity index (χ1v) is 7.11. The Hall–Kier alpha value is -2.21. The number of esters is 1. The van der Waals surface area contributed by atoms with Gasteiger partial charge in [0.1, 0.15) is 19.0 Å². The van der Waals surface area contributed by atoms with Gasteiger partial charge in [0.2, 0.25) is 0 Å². The minimum absolute atomic E-state index is 0.0232. The molecule has 0 atom stereocenters. The van der Waals surface area contributed by atoms with Crippen LogP contribution in [0.1, 0.15) is 20.1 Å². The van der Waals surface area contributed by atoms with E-state index in [9.17, 15) is 14.0 Å². The smallest absolute Gasteiger partial charge is 0.325 e. The number of thiophene rings is 1. The highest BCUT2D eigenvalue weighted by Gasteiger charge is 2.10. The number of carbonyl (C=O) groups is 2. The van der Waals surface area contributed by atoms with Crippen molar-refractivity contribution in [3.63, 3.8) is 0 Å². The molecule has 1 aromatic heterocycles. The summed E-state index contributed by atoms with van der Waals surface area (Å²) in [6, 6.07) is 9.34. The van der Waals surface area contributed by atoms with Gasteiger partial charge in [-0.1, -0.05) is 12.1 Å². The van der Waals surface area contributed by atoms with Gasteiger partial charge in [0.05, 0.1) is 4.88 Å². The van der Waals surface area contributed by atoms with Crippen LogP contribution in [0.3, 0.4) is 0 Å². The zero-order valence-electron chi connectivity index (χ0n) is 11.4. The lowest BCUT2D eigenvalue weighted by Crippen LogP contribution is -2.30.